The van der Waals surface area contributed by atoms with E-state index in [1.807, 2.05) is 0 Å². The fourth-order valence-electron chi connectivity index (χ4n) is 3.10. The Morgan fingerprint density at radius 3 is 3.00 bits per heavy atom. The van der Waals surface area contributed by atoms with E-state index in [0.29, 0.717) is 6.04 Å². The number of imidazole rings is 1. The van der Waals surface area contributed by atoms with Crippen LogP contribution in [0, 0.1) is 0 Å². The van der Waals surface area contributed by atoms with Gasteiger partial charge in [-0.3, -0.25) is 0 Å². The molecule has 1 fully saturated rings. The monoisotopic (exact) mass is 321 g/mol. The first-order valence-electron chi connectivity index (χ1n) is 7.05. The molecule has 2 aromatic rings. The number of rotatable bonds is 4. The number of aromatic nitrogens is 2. The quantitative estimate of drug-likeness (QED) is 0.800. The van der Waals surface area contributed by atoms with E-state index in [2.05, 4.69) is 56.7 Å². The molecule has 4 heteroatoms. The molecule has 1 aliphatic heterocycles. The molecule has 2 heterocycles. The molecule has 0 aliphatic carbocycles. The van der Waals surface area contributed by atoms with E-state index in [4.69, 9.17) is 4.98 Å². The van der Waals surface area contributed by atoms with Gasteiger partial charge in [0.25, 0.3) is 0 Å². The molecule has 1 aliphatic rings. The van der Waals surface area contributed by atoms with Gasteiger partial charge in [-0.2, -0.15) is 0 Å². The van der Waals surface area contributed by atoms with Crippen LogP contribution in [0.4, 0.5) is 5.95 Å². The Kier molecular flexibility index (Phi) is 3.78. The van der Waals surface area contributed by atoms with Crippen molar-refractivity contribution in [1.29, 1.82) is 0 Å². The van der Waals surface area contributed by atoms with Crippen molar-refractivity contribution >= 4 is 32.9 Å². The number of fused-ring (bicyclic) bond motifs is 1. The van der Waals surface area contributed by atoms with Crippen molar-refractivity contribution in [3.63, 3.8) is 0 Å². The standard InChI is InChI=1S/C15H20BrN3/c1-18-14-9-3-2-8-13(14)17-15(18)19-11-5-7-12(19)6-4-10-16/h2-3,8-9,12H,4-7,10-11H2,1H3. The average molecular weight is 322 g/mol. The molecule has 3 rings (SSSR count). The van der Waals surface area contributed by atoms with Crippen LogP contribution in [0.15, 0.2) is 24.3 Å². The van der Waals surface area contributed by atoms with Gasteiger partial charge >= 0.3 is 0 Å². The Hall–Kier alpha value is -1.03. The summed E-state index contributed by atoms with van der Waals surface area (Å²) in [6.45, 7) is 1.14. The molecule has 0 bridgehead atoms. The molecule has 0 N–H and O–H groups in total. The highest BCUT2D eigenvalue weighted by molar-refractivity contribution is 9.09. The highest BCUT2D eigenvalue weighted by atomic mass is 79.9. The van der Waals surface area contributed by atoms with E-state index in [0.717, 1.165) is 23.3 Å². The second-order valence-electron chi connectivity index (χ2n) is 5.28. The average Bonchev–Trinajstić information content (AvgIpc) is 3.01. The van der Waals surface area contributed by atoms with Crippen LogP contribution in [0.2, 0.25) is 0 Å². The predicted octanol–water partition coefficient (Wildman–Crippen LogP) is 3.72. The normalized spacial score (nSPS) is 19.5. The number of hydrogen-bond acceptors (Lipinski definition) is 2. The first kappa shape index (κ1) is 13.0. The lowest BCUT2D eigenvalue weighted by molar-refractivity contribution is 0.591. The summed E-state index contributed by atoms with van der Waals surface area (Å²) in [6.07, 6.45) is 5.09. The number of aryl methyl sites for hydroxylation is 1. The van der Waals surface area contributed by atoms with Crippen molar-refractivity contribution in [1.82, 2.24) is 9.55 Å². The molecule has 1 unspecified atom stereocenters. The van der Waals surface area contributed by atoms with E-state index in [1.165, 1.54) is 31.2 Å². The number of anilines is 1. The Morgan fingerprint density at radius 1 is 1.37 bits per heavy atom. The third kappa shape index (κ3) is 2.38. The highest BCUT2D eigenvalue weighted by Crippen LogP contribution is 2.29. The zero-order valence-electron chi connectivity index (χ0n) is 11.3. The van der Waals surface area contributed by atoms with Crippen LogP contribution in [0.3, 0.4) is 0 Å². The molecule has 0 spiro atoms. The maximum Gasteiger partial charge on any atom is 0.206 e. The van der Waals surface area contributed by atoms with Gasteiger partial charge in [0.05, 0.1) is 11.0 Å². The van der Waals surface area contributed by atoms with Crippen LogP contribution in [-0.4, -0.2) is 27.5 Å². The predicted molar refractivity (Wildman–Crippen MR) is 84.1 cm³/mol. The van der Waals surface area contributed by atoms with E-state index in [1.54, 1.807) is 0 Å². The topological polar surface area (TPSA) is 21.1 Å². The molecule has 0 saturated carbocycles. The van der Waals surface area contributed by atoms with Crippen molar-refractivity contribution in [2.24, 2.45) is 7.05 Å². The zero-order valence-corrected chi connectivity index (χ0v) is 12.9. The molecule has 1 aromatic heterocycles. The smallest absolute Gasteiger partial charge is 0.206 e. The van der Waals surface area contributed by atoms with Gasteiger partial charge < -0.3 is 9.47 Å². The molecule has 1 saturated heterocycles. The van der Waals surface area contributed by atoms with Gasteiger partial charge in [-0.15, -0.1) is 0 Å². The lowest BCUT2D eigenvalue weighted by Gasteiger charge is -2.25. The largest absolute Gasteiger partial charge is 0.339 e. The summed E-state index contributed by atoms with van der Waals surface area (Å²) < 4.78 is 2.24. The fourth-order valence-corrected chi connectivity index (χ4v) is 3.43. The Morgan fingerprint density at radius 2 is 2.21 bits per heavy atom. The van der Waals surface area contributed by atoms with Gasteiger partial charge in [0.1, 0.15) is 0 Å². The van der Waals surface area contributed by atoms with E-state index in [-0.39, 0.29) is 0 Å². The number of halogens is 1. The Balaban J connectivity index is 1.92. The molecule has 19 heavy (non-hydrogen) atoms. The number of hydrogen-bond donors (Lipinski definition) is 0. The summed E-state index contributed by atoms with van der Waals surface area (Å²) >= 11 is 3.54. The van der Waals surface area contributed by atoms with Gasteiger partial charge in [-0.1, -0.05) is 28.1 Å². The Labute approximate surface area is 122 Å². The summed E-state index contributed by atoms with van der Waals surface area (Å²) in [6, 6.07) is 9.05. The first-order chi connectivity index (χ1) is 9.31. The number of alkyl halides is 1. The van der Waals surface area contributed by atoms with Crippen molar-refractivity contribution < 1.29 is 0 Å². The fraction of sp³-hybridized carbons (Fsp3) is 0.533. The summed E-state index contributed by atoms with van der Waals surface area (Å²) in [7, 11) is 2.13. The molecule has 3 nitrogen and oxygen atoms in total. The molecular weight excluding hydrogens is 302 g/mol. The van der Waals surface area contributed by atoms with Crippen molar-refractivity contribution in [2.45, 2.75) is 31.7 Å². The van der Waals surface area contributed by atoms with E-state index in [9.17, 15) is 0 Å². The van der Waals surface area contributed by atoms with E-state index >= 15 is 0 Å². The maximum atomic E-state index is 4.83. The SMILES string of the molecule is Cn1c(N2CCCC2CCCBr)nc2ccccc21. The minimum atomic E-state index is 0.660. The molecule has 1 aromatic carbocycles. The number of benzene rings is 1. The van der Waals surface area contributed by atoms with Gasteiger partial charge in [-0.05, 0) is 37.8 Å². The summed E-state index contributed by atoms with van der Waals surface area (Å²) in [4.78, 5) is 7.33. The highest BCUT2D eigenvalue weighted by Gasteiger charge is 2.27. The second-order valence-corrected chi connectivity index (χ2v) is 6.07. The summed E-state index contributed by atoms with van der Waals surface area (Å²) in [5.41, 5.74) is 2.33. The minimum absolute atomic E-state index is 0.660. The molecular formula is C15H20BrN3. The van der Waals surface area contributed by atoms with Gasteiger partial charge in [0.2, 0.25) is 5.95 Å². The second kappa shape index (κ2) is 5.53. The third-order valence-electron chi connectivity index (χ3n) is 4.07. The van der Waals surface area contributed by atoms with Crippen LogP contribution in [0.5, 0.6) is 0 Å². The van der Waals surface area contributed by atoms with Crippen molar-refractivity contribution in [3.05, 3.63) is 24.3 Å². The molecule has 0 radical (unpaired) electrons. The summed E-state index contributed by atoms with van der Waals surface area (Å²) in [5.74, 6) is 1.14. The first-order valence-corrected chi connectivity index (χ1v) is 8.17. The summed E-state index contributed by atoms with van der Waals surface area (Å²) in [5, 5.41) is 1.10. The van der Waals surface area contributed by atoms with Gasteiger partial charge in [0.15, 0.2) is 0 Å². The maximum absolute atomic E-state index is 4.83. The number of nitrogens with zero attached hydrogens (tertiary/aromatic N) is 3. The molecule has 102 valence electrons. The molecule has 1 atom stereocenters. The molecule has 0 amide bonds. The zero-order chi connectivity index (χ0) is 13.2. The third-order valence-corrected chi connectivity index (χ3v) is 4.63. The van der Waals surface area contributed by atoms with Gasteiger partial charge in [-0.25, -0.2) is 4.98 Å². The number of para-hydroxylation sites is 2. The van der Waals surface area contributed by atoms with E-state index < -0.39 is 0 Å². The van der Waals surface area contributed by atoms with Crippen LogP contribution in [0.1, 0.15) is 25.7 Å². The lowest BCUT2D eigenvalue weighted by atomic mass is 10.1. The van der Waals surface area contributed by atoms with Crippen LogP contribution in [-0.2, 0) is 7.05 Å². The van der Waals surface area contributed by atoms with Crippen LogP contribution >= 0.6 is 15.9 Å². The van der Waals surface area contributed by atoms with Crippen LogP contribution < -0.4 is 4.90 Å². The van der Waals surface area contributed by atoms with Crippen LogP contribution in [0.25, 0.3) is 11.0 Å². The van der Waals surface area contributed by atoms with Crippen molar-refractivity contribution in [3.8, 4) is 0 Å². The minimum Gasteiger partial charge on any atom is -0.339 e. The Bertz CT molecular complexity index is 564. The van der Waals surface area contributed by atoms with Crippen molar-refractivity contribution in [2.75, 3.05) is 16.8 Å². The van der Waals surface area contributed by atoms with Gasteiger partial charge in [0, 0.05) is 25.0 Å². The lowest BCUT2D eigenvalue weighted by Crippen LogP contribution is -2.31.